The molecule has 1 aromatic rings. The number of ether oxygens (including phenoxy) is 2. The predicted octanol–water partition coefficient (Wildman–Crippen LogP) is 14.1. The van der Waals surface area contributed by atoms with Gasteiger partial charge in [0.25, 0.3) is 0 Å². The summed E-state index contributed by atoms with van der Waals surface area (Å²) < 4.78 is 15.2. The summed E-state index contributed by atoms with van der Waals surface area (Å²) in [6, 6.07) is -1.23. The molecule has 11 heteroatoms. The van der Waals surface area contributed by atoms with E-state index >= 15 is 0 Å². The maximum atomic E-state index is 14.5. The van der Waals surface area contributed by atoms with Gasteiger partial charge in [-0.3, -0.25) is 0 Å². The second-order valence-electron chi connectivity index (χ2n) is 18.0. The molecule has 362 valence electrons. The molecule has 0 aliphatic rings. The standard InChI is InChI=1S/C51H95N3O6S2/c1-5-9-11-13-15-17-19-21-23-25-27-29-31-33-35-37-39-45(43-59-47(61)7-3)53-49(56)52(41-42-55)50(57)54(51(53)58)46(44-60-48(62)8-4)40-38-36-34-32-30-28-26-24-22-20-18-16-14-12-10-6-2/h45-46,55H,5-44H2,1-4H3. The van der Waals surface area contributed by atoms with Gasteiger partial charge in [-0.25, -0.2) is 28.1 Å². The summed E-state index contributed by atoms with van der Waals surface area (Å²) in [5.41, 5.74) is -2.10. The van der Waals surface area contributed by atoms with Crippen LogP contribution in [0.2, 0.25) is 0 Å². The Morgan fingerprint density at radius 3 is 0.935 bits per heavy atom. The van der Waals surface area contributed by atoms with Crippen LogP contribution in [0, 0.1) is 0 Å². The molecule has 0 aliphatic heterocycles. The van der Waals surface area contributed by atoms with Gasteiger partial charge >= 0.3 is 17.1 Å². The van der Waals surface area contributed by atoms with E-state index < -0.39 is 35.8 Å². The highest BCUT2D eigenvalue weighted by Gasteiger charge is 2.27. The van der Waals surface area contributed by atoms with Crippen molar-refractivity contribution >= 4 is 34.5 Å². The van der Waals surface area contributed by atoms with Gasteiger partial charge in [0, 0.05) is 12.8 Å². The number of nitrogens with zero attached hydrogens (tertiary/aromatic N) is 3. The zero-order valence-electron chi connectivity index (χ0n) is 40.6. The molecule has 0 aliphatic carbocycles. The van der Waals surface area contributed by atoms with E-state index in [0.717, 1.165) is 43.1 Å². The quantitative estimate of drug-likeness (QED) is 0.0510. The van der Waals surface area contributed by atoms with E-state index in [2.05, 4.69) is 13.8 Å². The molecule has 0 radical (unpaired) electrons. The van der Waals surface area contributed by atoms with Crippen LogP contribution in [0.4, 0.5) is 0 Å². The van der Waals surface area contributed by atoms with Gasteiger partial charge in [0.15, 0.2) is 10.1 Å². The second-order valence-corrected chi connectivity index (χ2v) is 18.9. The van der Waals surface area contributed by atoms with E-state index in [0.29, 0.717) is 35.8 Å². The molecule has 0 amide bonds. The summed E-state index contributed by atoms with van der Waals surface area (Å²) in [4.78, 5) is 42.5. The molecule has 0 fully saturated rings. The van der Waals surface area contributed by atoms with Crippen LogP contribution < -0.4 is 17.1 Å². The molecule has 0 spiro atoms. The molecule has 2 unspecified atom stereocenters. The van der Waals surface area contributed by atoms with Crippen LogP contribution in [-0.2, 0) is 16.0 Å². The van der Waals surface area contributed by atoms with Gasteiger partial charge in [-0.2, -0.15) is 0 Å². The van der Waals surface area contributed by atoms with E-state index in [1.54, 1.807) is 0 Å². The number of aliphatic hydroxyl groups is 1. The molecular weight excluding hydrogens is 815 g/mol. The molecule has 1 N–H and O–H groups in total. The first-order valence-corrected chi connectivity index (χ1v) is 27.0. The Kier molecular flexibility index (Phi) is 38.1. The van der Waals surface area contributed by atoms with Crippen LogP contribution >= 0.6 is 24.4 Å². The zero-order valence-corrected chi connectivity index (χ0v) is 42.2. The highest BCUT2D eigenvalue weighted by atomic mass is 32.1. The molecule has 0 aromatic carbocycles. The van der Waals surface area contributed by atoms with Crippen LogP contribution in [0.5, 0.6) is 0 Å². The van der Waals surface area contributed by atoms with E-state index in [1.807, 2.05) is 13.8 Å². The SMILES string of the molecule is CCCCCCCCCCCCCCCCCCC(COC(=S)CC)n1c(=O)n(CCO)c(=O)n(C(CCCCCCCCCCCCCCCCCC)COC(=S)CC)c1=O. The Morgan fingerprint density at radius 1 is 0.435 bits per heavy atom. The Hall–Kier alpha value is -1.85. The Morgan fingerprint density at radius 2 is 0.694 bits per heavy atom. The van der Waals surface area contributed by atoms with Crippen molar-refractivity contribution in [3.05, 3.63) is 31.5 Å². The molecule has 1 aromatic heterocycles. The summed E-state index contributed by atoms with van der Waals surface area (Å²) in [7, 11) is 0. The molecule has 1 heterocycles. The van der Waals surface area contributed by atoms with Crippen molar-refractivity contribution in [2.45, 2.75) is 277 Å². The number of hydrogen-bond acceptors (Lipinski definition) is 8. The first kappa shape index (κ1) is 58.2. The second kappa shape index (κ2) is 40.6. The van der Waals surface area contributed by atoms with Crippen molar-refractivity contribution < 1.29 is 14.6 Å². The summed E-state index contributed by atoms with van der Waals surface area (Å²) in [5, 5.41) is 10.8. The Balaban J connectivity index is 2.88. The predicted molar refractivity (Wildman–Crippen MR) is 270 cm³/mol. The number of rotatable bonds is 44. The van der Waals surface area contributed by atoms with E-state index in [-0.39, 0.29) is 19.8 Å². The average molecular weight is 910 g/mol. The van der Waals surface area contributed by atoms with Gasteiger partial charge in [-0.15, -0.1) is 0 Å². The highest BCUT2D eigenvalue weighted by Crippen LogP contribution is 2.20. The molecule has 1 rings (SSSR count). The third-order valence-corrected chi connectivity index (χ3v) is 13.4. The fraction of sp³-hybridized carbons (Fsp3) is 0.902. The number of aromatic nitrogens is 3. The van der Waals surface area contributed by atoms with Crippen LogP contribution in [0.1, 0.15) is 271 Å². The molecule has 9 nitrogen and oxygen atoms in total. The molecule has 62 heavy (non-hydrogen) atoms. The van der Waals surface area contributed by atoms with Crippen LogP contribution in [0.25, 0.3) is 0 Å². The minimum absolute atomic E-state index is 0.0676. The Bertz CT molecular complexity index is 1330. The van der Waals surface area contributed by atoms with E-state index in [4.69, 9.17) is 33.9 Å². The number of thiocarbonyl (C=S) groups is 2. The lowest BCUT2D eigenvalue weighted by atomic mass is 10.0. The fourth-order valence-electron chi connectivity index (χ4n) is 8.55. The number of hydrogen-bond donors (Lipinski definition) is 1. The normalized spacial score (nSPS) is 12.5. The minimum Gasteiger partial charge on any atom is -0.485 e. The largest absolute Gasteiger partial charge is 0.485 e. The van der Waals surface area contributed by atoms with E-state index in [1.165, 1.54) is 176 Å². The van der Waals surface area contributed by atoms with Gasteiger partial charge in [-0.1, -0.05) is 233 Å². The fourth-order valence-corrected chi connectivity index (χ4v) is 8.69. The van der Waals surface area contributed by atoms with Crippen LogP contribution in [0.15, 0.2) is 14.4 Å². The van der Waals surface area contributed by atoms with Crippen molar-refractivity contribution in [1.29, 1.82) is 0 Å². The number of aliphatic hydroxyl groups excluding tert-OH is 1. The summed E-state index contributed by atoms with van der Waals surface area (Å²) in [6.07, 6.45) is 42.5. The smallest absolute Gasteiger partial charge is 0.337 e. The van der Waals surface area contributed by atoms with Gasteiger partial charge < -0.3 is 14.6 Å². The number of unbranched alkanes of at least 4 members (excludes halogenated alkanes) is 30. The molecule has 2 atom stereocenters. The maximum Gasteiger partial charge on any atom is 0.337 e. The lowest BCUT2D eigenvalue weighted by Crippen LogP contribution is -2.57. The lowest BCUT2D eigenvalue weighted by molar-refractivity contribution is 0.188. The van der Waals surface area contributed by atoms with Crippen molar-refractivity contribution in [2.24, 2.45) is 0 Å². The third-order valence-electron chi connectivity index (χ3n) is 12.6. The molecule has 0 saturated heterocycles. The summed E-state index contributed by atoms with van der Waals surface area (Å²) >= 11 is 10.8. The first-order valence-electron chi connectivity index (χ1n) is 26.2. The maximum absolute atomic E-state index is 14.5. The van der Waals surface area contributed by atoms with E-state index in [9.17, 15) is 19.5 Å². The first-order chi connectivity index (χ1) is 30.3. The van der Waals surface area contributed by atoms with Crippen molar-refractivity contribution in [2.75, 3.05) is 19.8 Å². The van der Waals surface area contributed by atoms with Crippen LogP contribution in [0.3, 0.4) is 0 Å². The van der Waals surface area contributed by atoms with Gasteiger partial charge in [0.1, 0.15) is 13.2 Å². The van der Waals surface area contributed by atoms with Gasteiger partial charge in [-0.05, 0) is 37.3 Å². The zero-order chi connectivity index (χ0) is 45.5. The van der Waals surface area contributed by atoms with Gasteiger partial charge in [0.2, 0.25) is 0 Å². The third kappa shape index (κ3) is 27.5. The van der Waals surface area contributed by atoms with Gasteiger partial charge in [0.05, 0.1) is 25.2 Å². The molecular formula is C51H95N3O6S2. The topological polar surface area (TPSA) is 105 Å². The highest BCUT2D eigenvalue weighted by molar-refractivity contribution is 7.80. The van der Waals surface area contributed by atoms with Crippen LogP contribution in [-0.4, -0.2) is 48.7 Å². The van der Waals surface area contributed by atoms with Crippen molar-refractivity contribution in [3.63, 3.8) is 0 Å². The minimum atomic E-state index is -0.719. The average Bonchev–Trinajstić information content (AvgIpc) is 3.27. The van der Waals surface area contributed by atoms with Crippen molar-refractivity contribution in [3.8, 4) is 0 Å². The van der Waals surface area contributed by atoms with Crippen molar-refractivity contribution in [1.82, 2.24) is 13.7 Å². The molecule has 0 saturated carbocycles. The lowest BCUT2D eigenvalue weighted by Gasteiger charge is -2.25. The summed E-state index contributed by atoms with van der Waals surface area (Å²) in [5.74, 6) is 0. The monoisotopic (exact) mass is 910 g/mol. The molecule has 0 bridgehead atoms. The Labute approximate surface area is 389 Å². The summed E-state index contributed by atoms with van der Waals surface area (Å²) in [6.45, 7) is 7.88.